The molecule has 1 aliphatic rings. The lowest BCUT2D eigenvalue weighted by Crippen LogP contribution is -2.45. The van der Waals surface area contributed by atoms with Gasteiger partial charge in [-0.1, -0.05) is 0 Å². The fraction of sp³-hybridized carbons (Fsp3) is 0.600. The van der Waals surface area contributed by atoms with Crippen molar-refractivity contribution in [3.05, 3.63) is 23.8 Å². The van der Waals surface area contributed by atoms with E-state index in [1.54, 1.807) is 20.3 Å². The van der Waals surface area contributed by atoms with Gasteiger partial charge in [0, 0.05) is 31.2 Å². The molecule has 1 saturated carbocycles. The van der Waals surface area contributed by atoms with E-state index in [9.17, 15) is 14.7 Å². The quantitative estimate of drug-likeness (QED) is 0.507. The summed E-state index contributed by atoms with van der Waals surface area (Å²) in [5, 5.41) is 24.4. The van der Waals surface area contributed by atoms with E-state index in [1.165, 1.54) is 0 Å². The first-order chi connectivity index (χ1) is 13.4. The van der Waals surface area contributed by atoms with Crippen molar-refractivity contribution in [2.45, 2.75) is 38.1 Å². The molecule has 2 rings (SSSR count). The first-order valence-corrected chi connectivity index (χ1v) is 9.55. The van der Waals surface area contributed by atoms with Gasteiger partial charge in [0.2, 0.25) is 0 Å². The van der Waals surface area contributed by atoms with Gasteiger partial charge in [0.1, 0.15) is 11.5 Å². The number of carboxylic acids is 1. The smallest absolute Gasteiger partial charge is 0.315 e. The fourth-order valence-electron chi connectivity index (χ4n) is 3.48. The summed E-state index contributed by atoms with van der Waals surface area (Å²) in [6.07, 6.45) is 3.05. The molecule has 0 bridgehead atoms. The molecule has 0 saturated heterocycles. The van der Waals surface area contributed by atoms with Crippen LogP contribution in [0.5, 0.6) is 11.5 Å². The van der Waals surface area contributed by atoms with Crippen molar-refractivity contribution in [1.29, 1.82) is 0 Å². The SMILES string of the molecule is COc1cc(CC(CO)CNC(=O)NC2CCC(C(=O)O)CC2)cc(OC)c1. The van der Waals surface area contributed by atoms with Crippen LogP contribution in [0.2, 0.25) is 0 Å². The normalized spacial score (nSPS) is 20.1. The lowest BCUT2D eigenvalue weighted by atomic mass is 9.86. The van der Waals surface area contributed by atoms with Gasteiger partial charge in [-0.2, -0.15) is 0 Å². The molecule has 2 amide bonds. The number of benzene rings is 1. The molecule has 1 fully saturated rings. The predicted octanol–water partition coefficient (Wildman–Crippen LogP) is 1.80. The number of methoxy groups -OCH3 is 2. The Bertz CT molecular complexity index is 636. The molecule has 1 aromatic rings. The number of amides is 2. The van der Waals surface area contributed by atoms with Gasteiger partial charge in [0.05, 0.1) is 20.1 Å². The molecule has 1 atom stereocenters. The van der Waals surface area contributed by atoms with Crippen molar-refractivity contribution in [1.82, 2.24) is 10.6 Å². The van der Waals surface area contributed by atoms with Crippen LogP contribution in [-0.2, 0) is 11.2 Å². The fourth-order valence-corrected chi connectivity index (χ4v) is 3.48. The molecule has 0 aliphatic heterocycles. The average Bonchev–Trinajstić information content (AvgIpc) is 2.71. The number of carboxylic acid groups (broad SMARTS) is 1. The molecule has 4 N–H and O–H groups in total. The molecule has 1 unspecified atom stereocenters. The Kier molecular flexibility index (Phi) is 8.38. The second kappa shape index (κ2) is 10.8. The third-order valence-corrected chi connectivity index (χ3v) is 5.16. The van der Waals surface area contributed by atoms with Crippen molar-refractivity contribution >= 4 is 12.0 Å². The Morgan fingerprint density at radius 2 is 1.71 bits per heavy atom. The maximum absolute atomic E-state index is 12.1. The third kappa shape index (κ3) is 6.60. The maximum atomic E-state index is 12.1. The Hall–Kier alpha value is -2.48. The van der Waals surface area contributed by atoms with Crippen LogP contribution < -0.4 is 20.1 Å². The number of urea groups is 1. The van der Waals surface area contributed by atoms with Crippen LogP contribution in [-0.4, -0.2) is 55.6 Å². The minimum atomic E-state index is -0.761. The van der Waals surface area contributed by atoms with Crippen LogP contribution in [0.3, 0.4) is 0 Å². The number of aliphatic hydroxyl groups is 1. The number of hydrogen-bond donors (Lipinski definition) is 4. The third-order valence-electron chi connectivity index (χ3n) is 5.16. The Labute approximate surface area is 165 Å². The monoisotopic (exact) mass is 394 g/mol. The second-order valence-electron chi connectivity index (χ2n) is 7.21. The van der Waals surface area contributed by atoms with E-state index in [-0.39, 0.29) is 30.5 Å². The summed E-state index contributed by atoms with van der Waals surface area (Å²) in [6, 6.07) is 5.24. The Morgan fingerprint density at radius 3 is 2.21 bits per heavy atom. The molecule has 156 valence electrons. The van der Waals surface area contributed by atoms with E-state index in [0.29, 0.717) is 50.1 Å². The largest absolute Gasteiger partial charge is 0.497 e. The van der Waals surface area contributed by atoms with Gasteiger partial charge in [-0.15, -0.1) is 0 Å². The van der Waals surface area contributed by atoms with Gasteiger partial charge in [0.15, 0.2) is 0 Å². The standard InChI is InChI=1S/C20H30N2O6/c1-27-17-8-13(9-18(10-17)28-2)7-14(12-23)11-21-20(26)22-16-5-3-15(4-6-16)19(24)25/h8-10,14-16,23H,3-7,11-12H2,1-2H3,(H,24,25)(H2,21,22,26). The van der Waals surface area contributed by atoms with Crippen LogP contribution in [0.1, 0.15) is 31.2 Å². The summed E-state index contributed by atoms with van der Waals surface area (Å²) in [4.78, 5) is 23.1. The summed E-state index contributed by atoms with van der Waals surface area (Å²) in [5.41, 5.74) is 0.949. The number of hydrogen-bond acceptors (Lipinski definition) is 5. The van der Waals surface area contributed by atoms with Gasteiger partial charge < -0.3 is 30.3 Å². The molecular weight excluding hydrogens is 364 g/mol. The molecule has 8 heteroatoms. The second-order valence-corrected chi connectivity index (χ2v) is 7.21. The van der Waals surface area contributed by atoms with Crippen molar-refractivity contribution < 1.29 is 29.3 Å². The number of rotatable bonds is 9. The summed E-state index contributed by atoms with van der Waals surface area (Å²) in [5.74, 6) is 0.135. The molecule has 0 heterocycles. The lowest BCUT2D eigenvalue weighted by molar-refractivity contribution is -0.142. The highest BCUT2D eigenvalue weighted by molar-refractivity contribution is 5.74. The summed E-state index contributed by atoms with van der Waals surface area (Å²) >= 11 is 0. The Morgan fingerprint density at radius 1 is 1.11 bits per heavy atom. The number of nitrogens with one attached hydrogen (secondary N) is 2. The van der Waals surface area contributed by atoms with Gasteiger partial charge in [0.25, 0.3) is 0 Å². The maximum Gasteiger partial charge on any atom is 0.315 e. The van der Waals surface area contributed by atoms with Crippen LogP contribution in [0.4, 0.5) is 4.79 Å². The van der Waals surface area contributed by atoms with Crippen molar-refractivity contribution in [2.75, 3.05) is 27.4 Å². The topological polar surface area (TPSA) is 117 Å². The number of aliphatic carboxylic acids is 1. The minimum Gasteiger partial charge on any atom is -0.497 e. The number of ether oxygens (including phenoxy) is 2. The predicted molar refractivity (Wildman–Crippen MR) is 104 cm³/mol. The summed E-state index contributed by atoms with van der Waals surface area (Å²) in [7, 11) is 3.16. The highest BCUT2D eigenvalue weighted by Crippen LogP contribution is 2.25. The summed E-state index contributed by atoms with van der Waals surface area (Å²) in [6.45, 7) is 0.260. The zero-order chi connectivity index (χ0) is 20.5. The highest BCUT2D eigenvalue weighted by atomic mass is 16.5. The first-order valence-electron chi connectivity index (χ1n) is 9.55. The molecule has 0 aromatic heterocycles. The van der Waals surface area contributed by atoms with Crippen LogP contribution >= 0.6 is 0 Å². The van der Waals surface area contributed by atoms with Gasteiger partial charge >= 0.3 is 12.0 Å². The van der Waals surface area contributed by atoms with Crippen molar-refractivity contribution in [3.8, 4) is 11.5 Å². The van der Waals surface area contributed by atoms with E-state index < -0.39 is 5.97 Å². The first kappa shape index (κ1) is 21.8. The number of carbonyl (C=O) groups excluding carboxylic acids is 1. The zero-order valence-corrected chi connectivity index (χ0v) is 16.4. The average molecular weight is 394 g/mol. The molecule has 1 aliphatic carbocycles. The van der Waals surface area contributed by atoms with Crippen molar-refractivity contribution in [2.24, 2.45) is 11.8 Å². The molecule has 0 spiro atoms. The van der Waals surface area contributed by atoms with Gasteiger partial charge in [-0.3, -0.25) is 4.79 Å². The molecule has 1 aromatic carbocycles. The van der Waals surface area contributed by atoms with Crippen LogP contribution in [0, 0.1) is 11.8 Å². The molecular formula is C20H30N2O6. The molecule has 0 radical (unpaired) electrons. The van der Waals surface area contributed by atoms with Crippen LogP contribution in [0.15, 0.2) is 18.2 Å². The zero-order valence-electron chi connectivity index (χ0n) is 16.4. The number of carbonyl (C=O) groups is 2. The number of aliphatic hydroxyl groups excluding tert-OH is 1. The van der Waals surface area contributed by atoms with Gasteiger partial charge in [-0.05, 0) is 49.8 Å². The van der Waals surface area contributed by atoms with E-state index in [2.05, 4.69) is 10.6 Å². The van der Waals surface area contributed by atoms with E-state index in [1.807, 2.05) is 12.1 Å². The van der Waals surface area contributed by atoms with Crippen LogP contribution in [0.25, 0.3) is 0 Å². The Balaban J connectivity index is 1.80. The lowest BCUT2D eigenvalue weighted by Gasteiger charge is -2.27. The van der Waals surface area contributed by atoms with E-state index in [4.69, 9.17) is 14.6 Å². The van der Waals surface area contributed by atoms with Crippen molar-refractivity contribution in [3.63, 3.8) is 0 Å². The van der Waals surface area contributed by atoms with Gasteiger partial charge in [-0.25, -0.2) is 4.79 Å². The molecule has 28 heavy (non-hydrogen) atoms. The summed E-state index contributed by atoms with van der Waals surface area (Å²) < 4.78 is 10.5. The van der Waals surface area contributed by atoms with E-state index in [0.717, 1.165) is 5.56 Å². The van der Waals surface area contributed by atoms with E-state index >= 15 is 0 Å². The molecule has 8 nitrogen and oxygen atoms in total. The minimum absolute atomic E-state index is 0.00850. The highest BCUT2D eigenvalue weighted by Gasteiger charge is 2.26.